The summed E-state index contributed by atoms with van der Waals surface area (Å²) in [7, 11) is 0. The first-order valence-corrected chi connectivity index (χ1v) is 2.98. The first-order chi connectivity index (χ1) is 5.52. The second-order valence-corrected chi connectivity index (χ2v) is 2.36. The molecule has 0 heterocycles. The largest absolute Gasteiger partial charge is 0.426 e. The minimum atomic E-state index is -5.59. The van der Waals surface area contributed by atoms with E-state index in [1.165, 1.54) is 0 Å². The normalized spacial score (nSPS) is 18.1. The average molecular weight is 210 g/mol. The van der Waals surface area contributed by atoms with Gasteiger partial charge in [0.05, 0.1) is 6.42 Å². The first-order valence-electron chi connectivity index (χ1n) is 2.98. The van der Waals surface area contributed by atoms with Gasteiger partial charge in [-0.2, -0.15) is 26.3 Å². The quantitative estimate of drug-likeness (QED) is 0.484. The van der Waals surface area contributed by atoms with Gasteiger partial charge in [-0.3, -0.25) is 0 Å². The van der Waals surface area contributed by atoms with Gasteiger partial charge in [-0.1, -0.05) is 6.58 Å². The van der Waals surface area contributed by atoms with E-state index in [1.54, 1.807) is 0 Å². The van der Waals surface area contributed by atoms with Crippen molar-refractivity contribution in [3.8, 4) is 0 Å². The Morgan fingerprint density at radius 1 is 0.923 bits per heavy atom. The van der Waals surface area contributed by atoms with Crippen LogP contribution in [-0.2, 0) is 0 Å². The van der Waals surface area contributed by atoms with Crippen molar-refractivity contribution in [2.75, 3.05) is 0 Å². The minimum Gasteiger partial charge on any atom is -0.229 e. The van der Waals surface area contributed by atoms with Crippen molar-refractivity contribution in [1.82, 2.24) is 0 Å². The molecule has 0 aliphatic rings. The topological polar surface area (TPSA) is 0 Å². The third-order valence-corrected chi connectivity index (χ3v) is 1.25. The fraction of sp³-hybridized carbons (Fsp3) is 0.667. The van der Waals surface area contributed by atoms with Crippen molar-refractivity contribution >= 4 is 0 Å². The van der Waals surface area contributed by atoms with Crippen molar-refractivity contribution in [1.29, 1.82) is 0 Å². The Morgan fingerprint density at radius 3 is 1.38 bits per heavy atom. The molecule has 0 amide bonds. The summed E-state index contributed by atoms with van der Waals surface area (Å²) in [6, 6.07) is 0. The third kappa shape index (κ3) is 3.23. The predicted octanol–water partition coefficient (Wildman–Crippen LogP) is 3.40. The summed E-state index contributed by atoms with van der Waals surface area (Å²) in [5.41, 5.74) is -4.40. The number of alkyl halides is 7. The summed E-state index contributed by atoms with van der Waals surface area (Å²) in [4.78, 5) is 0. The van der Waals surface area contributed by atoms with Gasteiger partial charge in [0.1, 0.15) is 0 Å². The summed E-state index contributed by atoms with van der Waals surface area (Å²) >= 11 is 0. The van der Waals surface area contributed by atoms with Crippen LogP contribution in [0.25, 0.3) is 0 Å². The molecule has 0 aromatic heterocycles. The van der Waals surface area contributed by atoms with Gasteiger partial charge in [0.2, 0.25) is 5.67 Å². The van der Waals surface area contributed by atoms with Crippen LogP contribution in [0.4, 0.5) is 30.7 Å². The first kappa shape index (κ1) is 12.2. The van der Waals surface area contributed by atoms with E-state index in [4.69, 9.17) is 0 Å². The Hall–Kier alpha value is -0.750. The van der Waals surface area contributed by atoms with Gasteiger partial charge in [0.25, 0.3) is 0 Å². The minimum absolute atomic E-state index is 0.388. The third-order valence-electron chi connectivity index (χ3n) is 1.25. The Kier molecular flexibility index (Phi) is 3.01. The summed E-state index contributed by atoms with van der Waals surface area (Å²) in [5.74, 6) is 0. The Balaban J connectivity index is 4.77. The molecular formula is C6H5F7. The number of halogens is 7. The van der Waals surface area contributed by atoms with E-state index in [1.807, 2.05) is 0 Å². The number of allylic oxidation sites excluding steroid dienone is 1. The van der Waals surface area contributed by atoms with E-state index in [0.29, 0.717) is 0 Å². The summed E-state index contributed by atoms with van der Waals surface area (Å²) < 4.78 is 82.1. The van der Waals surface area contributed by atoms with Crippen molar-refractivity contribution in [2.24, 2.45) is 0 Å². The zero-order valence-corrected chi connectivity index (χ0v) is 6.14. The average Bonchev–Trinajstić information content (AvgIpc) is 1.81. The lowest BCUT2D eigenvalue weighted by atomic mass is 10.0. The second kappa shape index (κ2) is 3.19. The van der Waals surface area contributed by atoms with Crippen LogP contribution in [0.5, 0.6) is 0 Å². The van der Waals surface area contributed by atoms with Crippen LogP contribution in [0.15, 0.2) is 12.7 Å². The Bertz CT molecular complexity index is 188. The summed E-state index contributed by atoms with van der Waals surface area (Å²) in [6.45, 7) is 2.39. The van der Waals surface area contributed by atoms with E-state index in [9.17, 15) is 30.7 Å². The summed E-state index contributed by atoms with van der Waals surface area (Å²) in [5, 5.41) is 0. The van der Waals surface area contributed by atoms with Gasteiger partial charge in [-0.25, -0.2) is 4.39 Å². The van der Waals surface area contributed by atoms with Crippen molar-refractivity contribution in [2.45, 2.75) is 24.4 Å². The van der Waals surface area contributed by atoms with Crippen LogP contribution in [0.2, 0.25) is 0 Å². The molecule has 0 N–H and O–H groups in total. The van der Waals surface area contributed by atoms with E-state index in [-0.39, 0.29) is 6.08 Å². The molecule has 13 heavy (non-hydrogen) atoms. The van der Waals surface area contributed by atoms with Crippen LogP contribution in [0.3, 0.4) is 0 Å². The van der Waals surface area contributed by atoms with Crippen LogP contribution in [0.1, 0.15) is 6.42 Å². The van der Waals surface area contributed by atoms with E-state index in [2.05, 4.69) is 6.58 Å². The van der Waals surface area contributed by atoms with E-state index in [0.717, 1.165) is 0 Å². The van der Waals surface area contributed by atoms with Crippen molar-refractivity contribution in [3.05, 3.63) is 12.7 Å². The second-order valence-electron chi connectivity index (χ2n) is 2.36. The molecule has 0 aliphatic carbocycles. The highest BCUT2D eigenvalue weighted by atomic mass is 19.4. The smallest absolute Gasteiger partial charge is 0.229 e. The molecule has 78 valence electrons. The Morgan fingerprint density at radius 2 is 1.31 bits per heavy atom. The molecule has 0 unspecified atom stereocenters. The van der Waals surface area contributed by atoms with E-state index >= 15 is 0 Å². The molecule has 0 bridgehead atoms. The molecule has 0 saturated carbocycles. The molecule has 0 radical (unpaired) electrons. The maximum absolute atomic E-state index is 12.6. The molecule has 0 aliphatic heterocycles. The highest BCUT2D eigenvalue weighted by Crippen LogP contribution is 2.42. The van der Waals surface area contributed by atoms with Crippen LogP contribution in [0, 0.1) is 0 Å². The molecule has 1 atom stereocenters. The van der Waals surface area contributed by atoms with Gasteiger partial charge in [0, 0.05) is 0 Å². The highest BCUT2D eigenvalue weighted by Gasteiger charge is 2.58. The van der Waals surface area contributed by atoms with Crippen LogP contribution < -0.4 is 0 Å². The number of hydrogen-bond donors (Lipinski definition) is 0. The summed E-state index contributed by atoms with van der Waals surface area (Å²) in [6.07, 6.45) is -13.8. The maximum atomic E-state index is 12.6. The standard InChI is InChI=1S/C6H5F7/c1-2-4(7,6(11,12)13)3-5(8,9)10/h2H,1,3H2/t4-/m0/s1. The molecule has 0 spiro atoms. The Labute approximate surface area is 69.0 Å². The van der Waals surface area contributed by atoms with Gasteiger partial charge in [0.15, 0.2) is 0 Å². The lowest BCUT2D eigenvalue weighted by Gasteiger charge is -2.25. The lowest BCUT2D eigenvalue weighted by Crippen LogP contribution is -2.42. The van der Waals surface area contributed by atoms with Gasteiger partial charge in [-0.15, -0.1) is 0 Å². The molecular weight excluding hydrogens is 205 g/mol. The zero-order chi connectivity index (χ0) is 10.9. The zero-order valence-electron chi connectivity index (χ0n) is 6.14. The van der Waals surface area contributed by atoms with Crippen molar-refractivity contribution < 1.29 is 30.7 Å². The monoisotopic (exact) mass is 210 g/mol. The van der Waals surface area contributed by atoms with Crippen molar-refractivity contribution in [3.63, 3.8) is 0 Å². The molecule has 7 heteroatoms. The number of hydrogen-bond acceptors (Lipinski definition) is 0. The molecule has 0 aromatic rings. The fourth-order valence-electron chi connectivity index (χ4n) is 0.580. The van der Waals surface area contributed by atoms with Crippen LogP contribution >= 0.6 is 0 Å². The highest BCUT2D eigenvalue weighted by molar-refractivity contribution is 5.03. The molecule has 0 nitrogen and oxygen atoms in total. The SMILES string of the molecule is C=C[C@](F)(CC(F)(F)F)C(F)(F)F. The molecule has 0 saturated heterocycles. The molecule has 0 fully saturated rings. The van der Waals surface area contributed by atoms with Crippen LogP contribution in [-0.4, -0.2) is 18.0 Å². The molecule has 0 aromatic carbocycles. The molecule has 0 rings (SSSR count). The lowest BCUT2D eigenvalue weighted by molar-refractivity contribution is -0.250. The number of rotatable bonds is 2. The van der Waals surface area contributed by atoms with Gasteiger partial charge < -0.3 is 0 Å². The fourth-order valence-corrected chi connectivity index (χ4v) is 0.580. The van der Waals surface area contributed by atoms with Gasteiger partial charge in [-0.05, 0) is 6.08 Å². The predicted molar refractivity (Wildman–Crippen MR) is 30.8 cm³/mol. The maximum Gasteiger partial charge on any atom is 0.426 e. The van der Waals surface area contributed by atoms with Gasteiger partial charge >= 0.3 is 12.4 Å². The van der Waals surface area contributed by atoms with E-state index < -0.39 is 24.4 Å².